The predicted molar refractivity (Wildman–Crippen MR) is 106 cm³/mol. The lowest BCUT2D eigenvalue weighted by atomic mass is 10.2. The number of imidazole rings is 1. The quantitative estimate of drug-likeness (QED) is 0.582. The lowest BCUT2D eigenvalue weighted by molar-refractivity contribution is 0.0950. The number of fused-ring (bicyclic) bond motifs is 2. The maximum atomic E-state index is 12.4. The number of hydrogen-bond acceptors (Lipinski definition) is 5. The molecule has 0 bridgehead atoms. The highest BCUT2D eigenvalue weighted by Crippen LogP contribution is 2.15. The molecule has 0 atom stereocenters. The van der Waals surface area contributed by atoms with Gasteiger partial charge in [-0.25, -0.2) is 4.98 Å². The van der Waals surface area contributed by atoms with Gasteiger partial charge in [0, 0.05) is 25.2 Å². The molecule has 0 aliphatic carbocycles. The van der Waals surface area contributed by atoms with Crippen LogP contribution in [0, 0.1) is 0 Å². The molecule has 3 aromatic rings. The first kappa shape index (κ1) is 21.2. The van der Waals surface area contributed by atoms with Crippen LogP contribution in [0.2, 0.25) is 0 Å². The molecule has 10 heteroatoms. The Labute approximate surface area is 168 Å². The Kier molecular flexibility index (Phi) is 7.20. The summed E-state index contributed by atoms with van der Waals surface area (Å²) in [6, 6.07) is 7.41. The maximum Gasteiger partial charge on any atom is 0.251 e. The number of aromatic nitrogens is 4. The Hall–Kier alpha value is -2.13. The second-order valence-corrected chi connectivity index (χ2v) is 6.07. The minimum absolute atomic E-state index is 0. The van der Waals surface area contributed by atoms with Gasteiger partial charge in [0.25, 0.3) is 5.91 Å². The summed E-state index contributed by atoms with van der Waals surface area (Å²) in [6.45, 7) is 3.53. The van der Waals surface area contributed by atoms with Gasteiger partial charge in [-0.1, -0.05) is 0 Å². The van der Waals surface area contributed by atoms with Crippen LogP contribution in [-0.2, 0) is 26.2 Å². The molecule has 0 saturated heterocycles. The zero-order valence-corrected chi connectivity index (χ0v) is 16.2. The second kappa shape index (κ2) is 9.18. The fourth-order valence-electron chi connectivity index (χ4n) is 3.10. The summed E-state index contributed by atoms with van der Waals surface area (Å²) in [4.78, 5) is 16.7. The van der Waals surface area contributed by atoms with Gasteiger partial charge in [0.1, 0.15) is 0 Å². The first-order valence-electron chi connectivity index (χ1n) is 8.35. The SMILES string of the molecule is Cl.Cl.O=C(NCc1cc2n(n1)CCNC2)c1ccc2c(c1)ncn2CCO. The molecule has 146 valence electrons. The number of nitrogens with one attached hydrogen (secondary N) is 2. The summed E-state index contributed by atoms with van der Waals surface area (Å²) in [5, 5.41) is 19.8. The zero-order valence-electron chi connectivity index (χ0n) is 14.6. The molecular weight excluding hydrogens is 391 g/mol. The van der Waals surface area contributed by atoms with E-state index in [0.29, 0.717) is 18.7 Å². The van der Waals surface area contributed by atoms with Crippen LogP contribution in [0.3, 0.4) is 0 Å². The monoisotopic (exact) mass is 412 g/mol. The van der Waals surface area contributed by atoms with Gasteiger partial charge >= 0.3 is 0 Å². The van der Waals surface area contributed by atoms with Gasteiger partial charge in [-0.15, -0.1) is 24.8 Å². The van der Waals surface area contributed by atoms with E-state index in [1.807, 2.05) is 21.4 Å². The summed E-state index contributed by atoms with van der Waals surface area (Å²) < 4.78 is 3.85. The molecule has 27 heavy (non-hydrogen) atoms. The summed E-state index contributed by atoms with van der Waals surface area (Å²) >= 11 is 0. The van der Waals surface area contributed by atoms with Crippen molar-refractivity contribution in [3.05, 3.63) is 47.5 Å². The van der Waals surface area contributed by atoms with E-state index in [1.54, 1.807) is 18.5 Å². The highest BCUT2D eigenvalue weighted by atomic mass is 35.5. The summed E-state index contributed by atoms with van der Waals surface area (Å²) in [7, 11) is 0. The molecule has 3 heterocycles. The van der Waals surface area contributed by atoms with Gasteiger partial charge in [-0.05, 0) is 24.3 Å². The third kappa shape index (κ3) is 4.41. The van der Waals surface area contributed by atoms with Crippen molar-refractivity contribution < 1.29 is 9.90 Å². The number of aliphatic hydroxyl groups is 1. The first-order valence-corrected chi connectivity index (χ1v) is 8.35. The van der Waals surface area contributed by atoms with Crippen LogP contribution in [0.4, 0.5) is 0 Å². The molecule has 0 saturated carbocycles. The maximum absolute atomic E-state index is 12.4. The van der Waals surface area contributed by atoms with Crippen molar-refractivity contribution in [2.24, 2.45) is 0 Å². The molecule has 3 N–H and O–H groups in total. The van der Waals surface area contributed by atoms with E-state index in [2.05, 4.69) is 20.7 Å². The summed E-state index contributed by atoms with van der Waals surface area (Å²) in [6.07, 6.45) is 1.67. The van der Waals surface area contributed by atoms with Crippen molar-refractivity contribution >= 4 is 41.8 Å². The number of aliphatic hydroxyl groups excluding tert-OH is 1. The fraction of sp³-hybridized carbons (Fsp3) is 0.353. The molecule has 1 aliphatic rings. The zero-order chi connectivity index (χ0) is 17.2. The molecule has 8 nitrogen and oxygen atoms in total. The van der Waals surface area contributed by atoms with Crippen LogP contribution < -0.4 is 10.6 Å². The standard InChI is InChI=1S/C17H20N6O2.2ClH/c24-6-5-22-11-20-15-7-12(1-2-16(15)22)17(25)19-9-13-8-14-10-18-3-4-23(14)21-13;;/h1-2,7-8,11,18,24H,3-6,9-10H2,(H,19,25);2*1H. The van der Waals surface area contributed by atoms with Crippen molar-refractivity contribution in [3.63, 3.8) is 0 Å². The highest BCUT2D eigenvalue weighted by molar-refractivity contribution is 5.97. The van der Waals surface area contributed by atoms with Crippen molar-refractivity contribution in [2.45, 2.75) is 26.2 Å². The van der Waals surface area contributed by atoms with Gasteiger partial charge in [0.05, 0.1) is 48.4 Å². The normalized spacial score (nSPS) is 12.8. The van der Waals surface area contributed by atoms with Crippen LogP contribution in [0.5, 0.6) is 0 Å². The molecular formula is C17H22Cl2N6O2. The van der Waals surface area contributed by atoms with E-state index in [1.165, 1.54) is 0 Å². The van der Waals surface area contributed by atoms with Crippen molar-refractivity contribution in [1.82, 2.24) is 30.0 Å². The Bertz CT molecular complexity index is 900. The second-order valence-electron chi connectivity index (χ2n) is 6.07. The average molecular weight is 413 g/mol. The summed E-state index contributed by atoms with van der Waals surface area (Å²) in [5.41, 5.74) is 4.21. The number of nitrogens with zero attached hydrogens (tertiary/aromatic N) is 4. The minimum Gasteiger partial charge on any atom is -0.395 e. The number of rotatable bonds is 5. The number of hydrogen-bond donors (Lipinski definition) is 3. The van der Waals surface area contributed by atoms with Crippen LogP contribution in [0.1, 0.15) is 21.7 Å². The molecule has 2 aromatic heterocycles. The Balaban J connectivity index is 0.00000131. The van der Waals surface area contributed by atoms with Crippen molar-refractivity contribution in [1.29, 1.82) is 0 Å². The summed E-state index contributed by atoms with van der Waals surface area (Å²) in [5.74, 6) is -0.150. The Morgan fingerprint density at radius 3 is 2.93 bits per heavy atom. The molecule has 1 amide bonds. The van der Waals surface area contributed by atoms with Crippen molar-refractivity contribution in [2.75, 3.05) is 13.2 Å². The van der Waals surface area contributed by atoms with Crippen LogP contribution in [-0.4, -0.2) is 43.5 Å². The number of carbonyl (C=O) groups excluding carboxylic acids is 1. The van der Waals surface area contributed by atoms with Gasteiger partial charge in [0.15, 0.2) is 0 Å². The molecule has 0 spiro atoms. The topological polar surface area (TPSA) is 97.0 Å². The predicted octanol–water partition coefficient (Wildman–Crippen LogP) is 1.10. The largest absolute Gasteiger partial charge is 0.395 e. The van der Waals surface area contributed by atoms with E-state index in [9.17, 15) is 4.79 Å². The molecule has 0 unspecified atom stereocenters. The third-order valence-corrected chi connectivity index (χ3v) is 4.37. The average Bonchev–Trinajstić information content (AvgIpc) is 3.23. The van der Waals surface area contributed by atoms with E-state index < -0.39 is 0 Å². The molecule has 0 radical (unpaired) electrons. The Morgan fingerprint density at radius 2 is 2.15 bits per heavy atom. The number of halogens is 2. The molecule has 1 aliphatic heterocycles. The lowest BCUT2D eigenvalue weighted by Crippen LogP contribution is -2.28. The number of amides is 1. The third-order valence-electron chi connectivity index (χ3n) is 4.37. The number of carbonyl (C=O) groups is 1. The van der Waals surface area contributed by atoms with Gasteiger partial charge in [0.2, 0.25) is 0 Å². The van der Waals surface area contributed by atoms with Crippen LogP contribution >= 0.6 is 24.8 Å². The van der Waals surface area contributed by atoms with Gasteiger partial charge in [-0.3, -0.25) is 9.48 Å². The fourth-order valence-corrected chi connectivity index (χ4v) is 3.10. The highest BCUT2D eigenvalue weighted by Gasteiger charge is 2.13. The van der Waals surface area contributed by atoms with Crippen molar-refractivity contribution in [3.8, 4) is 0 Å². The molecule has 1 aromatic carbocycles. The smallest absolute Gasteiger partial charge is 0.251 e. The molecule has 4 rings (SSSR count). The molecule has 0 fully saturated rings. The van der Waals surface area contributed by atoms with Gasteiger partial charge in [-0.2, -0.15) is 5.10 Å². The first-order chi connectivity index (χ1) is 12.2. The van der Waals surface area contributed by atoms with E-state index in [-0.39, 0.29) is 37.3 Å². The Morgan fingerprint density at radius 1 is 1.30 bits per heavy atom. The van der Waals surface area contributed by atoms with Crippen LogP contribution in [0.15, 0.2) is 30.6 Å². The number of benzene rings is 1. The van der Waals surface area contributed by atoms with Gasteiger partial charge < -0.3 is 20.3 Å². The van der Waals surface area contributed by atoms with Crippen LogP contribution in [0.25, 0.3) is 11.0 Å². The van der Waals surface area contributed by atoms with E-state index in [4.69, 9.17) is 5.11 Å². The minimum atomic E-state index is -0.150. The lowest BCUT2D eigenvalue weighted by Gasteiger charge is -2.13. The van der Waals surface area contributed by atoms with E-state index in [0.717, 1.165) is 42.1 Å². The van der Waals surface area contributed by atoms with E-state index >= 15 is 0 Å².